The molecular weight excluding hydrogens is 459 g/mol. The number of nitrogens with zero attached hydrogens (tertiary/aromatic N) is 2. The van der Waals surface area contributed by atoms with Gasteiger partial charge >= 0.3 is 0 Å². The van der Waals surface area contributed by atoms with E-state index < -0.39 is 10.0 Å². The van der Waals surface area contributed by atoms with Crippen LogP contribution in [-0.4, -0.2) is 32.7 Å². The van der Waals surface area contributed by atoms with Crippen LogP contribution in [-0.2, 0) is 23.1 Å². The molecule has 1 aliphatic rings. The molecule has 0 bridgehead atoms. The van der Waals surface area contributed by atoms with E-state index in [9.17, 15) is 12.8 Å². The molecule has 7 heteroatoms. The molecule has 1 aliphatic heterocycles. The molecule has 3 aromatic carbocycles. The molecule has 4 rings (SSSR count). The van der Waals surface area contributed by atoms with Gasteiger partial charge in [-0.3, -0.25) is 9.21 Å². The van der Waals surface area contributed by atoms with Crippen LogP contribution < -0.4 is 4.31 Å². The standard InChI is InChI=1S/C26H28ClFN2O2S/c1-33(31,32)30(26-9-5-4-8-25(26)27)19-22-6-2-3-7-24(22)21-14-16-29(17-15-21)18-20-10-12-23(28)13-11-20/h2-13,21H,14-19H2,1H3. The Labute approximate surface area is 200 Å². The third-order valence-corrected chi connectivity index (χ3v) is 7.68. The maximum Gasteiger partial charge on any atom is 0.232 e. The van der Waals surface area contributed by atoms with Crippen LogP contribution in [0.15, 0.2) is 72.8 Å². The van der Waals surface area contributed by atoms with Gasteiger partial charge in [0.1, 0.15) is 5.82 Å². The molecule has 1 fully saturated rings. The zero-order valence-electron chi connectivity index (χ0n) is 18.6. The van der Waals surface area contributed by atoms with Gasteiger partial charge in [0.25, 0.3) is 0 Å². The summed E-state index contributed by atoms with van der Waals surface area (Å²) >= 11 is 6.34. The monoisotopic (exact) mass is 486 g/mol. The van der Waals surface area contributed by atoms with E-state index in [1.807, 2.05) is 30.3 Å². The molecule has 0 amide bonds. The molecule has 33 heavy (non-hydrogen) atoms. The highest BCUT2D eigenvalue weighted by atomic mass is 35.5. The second-order valence-corrected chi connectivity index (χ2v) is 10.9. The lowest BCUT2D eigenvalue weighted by Gasteiger charge is -2.33. The highest BCUT2D eigenvalue weighted by molar-refractivity contribution is 7.92. The molecule has 0 radical (unpaired) electrons. The third-order valence-electron chi connectivity index (χ3n) is 6.24. The van der Waals surface area contributed by atoms with Gasteiger partial charge in [0.2, 0.25) is 10.0 Å². The summed E-state index contributed by atoms with van der Waals surface area (Å²) < 4.78 is 39.9. The number of hydrogen-bond acceptors (Lipinski definition) is 3. The van der Waals surface area contributed by atoms with E-state index in [2.05, 4.69) is 11.0 Å². The van der Waals surface area contributed by atoms with Crippen LogP contribution >= 0.6 is 11.6 Å². The van der Waals surface area contributed by atoms with Crippen molar-refractivity contribution in [3.63, 3.8) is 0 Å². The smallest absolute Gasteiger partial charge is 0.232 e. The van der Waals surface area contributed by atoms with Gasteiger partial charge in [-0.15, -0.1) is 0 Å². The number of likely N-dealkylation sites (tertiary alicyclic amines) is 1. The lowest BCUT2D eigenvalue weighted by atomic mass is 9.86. The molecule has 0 unspecified atom stereocenters. The van der Waals surface area contributed by atoms with Gasteiger partial charge in [-0.1, -0.05) is 60.1 Å². The quantitative estimate of drug-likeness (QED) is 0.422. The summed E-state index contributed by atoms with van der Waals surface area (Å²) in [4.78, 5) is 2.39. The molecule has 0 aromatic heterocycles. The Morgan fingerprint density at radius 2 is 1.61 bits per heavy atom. The molecule has 1 saturated heterocycles. The van der Waals surface area contributed by atoms with Gasteiger partial charge < -0.3 is 0 Å². The van der Waals surface area contributed by atoms with Gasteiger partial charge in [0.15, 0.2) is 0 Å². The lowest BCUT2D eigenvalue weighted by Crippen LogP contribution is -2.33. The first-order chi connectivity index (χ1) is 15.8. The molecule has 3 aromatic rings. The predicted octanol–water partition coefficient (Wildman–Crippen LogP) is 5.82. The van der Waals surface area contributed by atoms with Gasteiger partial charge in [-0.2, -0.15) is 0 Å². The molecule has 0 atom stereocenters. The summed E-state index contributed by atoms with van der Waals surface area (Å²) in [5.74, 6) is 0.146. The maximum absolute atomic E-state index is 13.2. The molecule has 0 saturated carbocycles. The van der Waals surface area contributed by atoms with E-state index in [4.69, 9.17) is 11.6 Å². The summed E-state index contributed by atoms with van der Waals surface area (Å²) in [6, 6.07) is 21.8. The SMILES string of the molecule is CS(=O)(=O)N(Cc1ccccc1C1CCN(Cc2ccc(F)cc2)CC1)c1ccccc1Cl. The summed E-state index contributed by atoms with van der Waals surface area (Å²) in [7, 11) is -3.52. The van der Waals surface area contributed by atoms with Crippen LogP contribution in [0.2, 0.25) is 5.02 Å². The number of piperidine rings is 1. The minimum absolute atomic E-state index is 0.214. The number of para-hydroxylation sites is 1. The first-order valence-corrected chi connectivity index (χ1v) is 13.3. The van der Waals surface area contributed by atoms with Crippen molar-refractivity contribution in [2.45, 2.75) is 31.8 Å². The number of benzene rings is 3. The molecule has 174 valence electrons. The Kier molecular flexibility index (Phi) is 7.37. The van der Waals surface area contributed by atoms with Crippen molar-refractivity contribution >= 4 is 27.3 Å². The van der Waals surface area contributed by atoms with Gasteiger partial charge in [-0.25, -0.2) is 12.8 Å². The number of anilines is 1. The number of halogens is 2. The van der Waals surface area contributed by atoms with Crippen LogP contribution in [0.5, 0.6) is 0 Å². The van der Waals surface area contributed by atoms with Crippen molar-refractivity contribution in [2.24, 2.45) is 0 Å². The van der Waals surface area contributed by atoms with Crippen molar-refractivity contribution in [3.05, 3.63) is 100 Å². The van der Waals surface area contributed by atoms with E-state index in [1.54, 1.807) is 24.3 Å². The first-order valence-electron chi connectivity index (χ1n) is 11.1. The van der Waals surface area contributed by atoms with Crippen molar-refractivity contribution < 1.29 is 12.8 Å². The average Bonchev–Trinajstić information content (AvgIpc) is 2.80. The molecule has 0 aliphatic carbocycles. The van der Waals surface area contributed by atoms with E-state index in [-0.39, 0.29) is 12.4 Å². The topological polar surface area (TPSA) is 40.6 Å². The normalized spacial score (nSPS) is 15.5. The Bertz CT molecular complexity index is 1190. The Morgan fingerprint density at radius 3 is 2.27 bits per heavy atom. The first kappa shape index (κ1) is 23.7. The van der Waals surface area contributed by atoms with Gasteiger partial charge in [0.05, 0.1) is 23.5 Å². The molecule has 0 spiro atoms. The zero-order chi connectivity index (χ0) is 23.4. The van der Waals surface area contributed by atoms with E-state index >= 15 is 0 Å². The minimum atomic E-state index is -3.52. The Balaban J connectivity index is 1.49. The molecule has 4 nitrogen and oxygen atoms in total. The number of rotatable bonds is 7. The summed E-state index contributed by atoms with van der Waals surface area (Å²) in [6.45, 7) is 2.94. The van der Waals surface area contributed by atoms with E-state index in [1.165, 1.54) is 28.3 Å². The van der Waals surface area contributed by atoms with Crippen molar-refractivity contribution in [3.8, 4) is 0 Å². The van der Waals surface area contributed by atoms with E-state index in [0.717, 1.165) is 43.6 Å². The molecular formula is C26H28ClFN2O2S. The summed E-state index contributed by atoms with van der Waals surface area (Å²) in [5, 5.41) is 0.412. The molecule has 1 heterocycles. The maximum atomic E-state index is 13.2. The summed E-state index contributed by atoms with van der Waals surface area (Å²) in [6.07, 6.45) is 3.19. The van der Waals surface area contributed by atoms with Crippen LogP contribution in [0, 0.1) is 5.82 Å². The van der Waals surface area contributed by atoms with Gasteiger partial charge in [0, 0.05) is 6.54 Å². The van der Waals surface area contributed by atoms with Crippen LogP contribution in [0.1, 0.15) is 35.4 Å². The second-order valence-electron chi connectivity index (χ2n) is 8.60. The van der Waals surface area contributed by atoms with Crippen LogP contribution in [0.4, 0.5) is 10.1 Å². The van der Waals surface area contributed by atoms with E-state index in [0.29, 0.717) is 16.6 Å². The Morgan fingerprint density at radius 1 is 0.970 bits per heavy atom. The highest BCUT2D eigenvalue weighted by Gasteiger charge is 2.26. The van der Waals surface area contributed by atoms with Crippen molar-refractivity contribution in [1.82, 2.24) is 4.90 Å². The fraction of sp³-hybridized carbons (Fsp3) is 0.308. The van der Waals surface area contributed by atoms with Crippen LogP contribution in [0.3, 0.4) is 0 Å². The van der Waals surface area contributed by atoms with Crippen molar-refractivity contribution in [1.29, 1.82) is 0 Å². The number of sulfonamides is 1. The predicted molar refractivity (Wildman–Crippen MR) is 133 cm³/mol. The second kappa shape index (κ2) is 10.2. The number of hydrogen-bond donors (Lipinski definition) is 0. The third kappa shape index (κ3) is 5.94. The Hall–Kier alpha value is -2.41. The fourth-order valence-electron chi connectivity index (χ4n) is 4.52. The average molecular weight is 487 g/mol. The van der Waals surface area contributed by atoms with Gasteiger partial charge in [-0.05, 0) is 72.8 Å². The fourth-order valence-corrected chi connectivity index (χ4v) is 5.69. The zero-order valence-corrected chi connectivity index (χ0v) is 20.2. The minimum Gasteiger partial charge on any atom is -0.299 e. The van der Waals surface area contributed by atoms with Crippen LogP contribution in [0.25, 0.3) is 0 Å². The lowest BCUT2D eigenvalue weighted by molar-refractivity contribution is 0.204. The summed E-state index contributed by atoms with van der Waals surface area (Å²) in [5.41, 5.74) is 3.80. The largest absolute Gasteiger partial charge is 0.299 e. The molecule has 0 N–H and O–H groups in total. The van der Waals surface area contributed by atoms with Crippen molar-refractivity contribution in [2.75, 3.05) is 23.7 Å². The highest BCUT2D eigenvalue weighted by Crippen LogP contribution is 2.34.